The number of ether oxygens (including phenoxy) is 1. The molecule has 0 saturated carbocycles. The van der Waals surface area contributed by atoms with Gasteiger partial charge in [-0.25, -0.2) is 19.8 Å². The van der Waals surface area contributed by atoms with Gasteiger partial charge >= 0.3 is 0 Å². The summed E-state index contributed by atoms with van der Waals surface area (Å²) in [4.78, 5) is 19.0. The van der Waals surface area contributed by atoms with Crippen LogP contribution < -0.4 is 4.74 Å². The number of aromatic nitrogens is 3. The molecule has 1 aliphatic rings. The molecule has 5 nitrogen and oxygen atoms in total. The molecule has 10 rings (SSSR count). The molecule has 0 fully saturated rings. The highest BCUT2D eigenvalue weighted by molar-refractivity contribution is 5.95. The molecule has 2 heterocycles. The van der Waals surface area contributed by atoms with Crippen LogP contribution in [0.25, 0.3) is 60.9 Å². The Morgan fingerprint density at radius 3 is 1.68 bits per heavy atom. The van der Waals surface area contributed by atoms with E-state index in [0.717, 1.165) is 72.3 Å². The molecule has 0 saturated heterocycles. The standard InChI is InChI=1S/C51H32N4O/c1-52-41-30-27-35(28-31-41)34-23-25-37(26-24-34)48-53-49(55-50(54-48)43-20-12-14-36-13-8-9-19-42(36)43)38-29-32-45-47(33-38)56-46-22-11-10-21-44(46)51(45,39-15-4-2-5-16-39)40-17-6-3-7-18-40/h2-33H. The molecule has 0 aliphatic carbocycles. The summed E-state index contributed by atoms with van der Waals surface area (Å²) in [6, 6.07) is 66.4. The first-order chi connectivity index (χ1) is 27.7. The first-order valence-corrected chi connectivity index (χ1v) is 18.5. The maximum atomic E-state index is 7.31. The smallest absolute Gasteiger partial charge is 0.187 e. The van der Waals surface area contributed by atoms with E-state index < -0.39 is 5.41 Å². The first-order valence-electron chi connectivity index (χ1n) is 18.5. The van der Waals surface area contributed by atoms with Gasteiger partial charge in [0, 0.05) is 27.8 Å². The van der Waals surface area contributed by atoms with Crippen molar-refractivity contribution >= 4 is 16.5 Å². The Labute approximate surface area is 325 Å². The minimum absolute atomic E-state index is 0.548. The molecule has 0 radical (unpaired) electrons. The van der Waals surface area contributed by atoms with Crippen LogP contribution in [-0.4, -0.2) is 15.0 Å². The minimum Gasteiger partial charge on any atom is -0.457 e. The summed E-state index contributed by atoms with van der Waals surface area (Å²) < 4.78 is 6.81. The highest BCUT2D eigenvalue weighted by atomic mass is 16.5. The Balaban J connectivity index is 1.16. The summed E-state index contributed by atoms with van der Waals surface area (Å²) >= 11 is 0. The Kier molecular flexibility index (Phi) is 8.01. The van der Waals surface area contributed by atoms with Crippen LogP contribution in [0, 0.1) is 6.57 Å². The fraction of sp³-hybridized carbons (Fsp3) is 0.0196. The molecular formula is C51H32N4O. The summed E-state index contributed by atoms with van der Waals surface area (Å²) in [6.07, 6.45) is 0. The fourth-order valence-corrected chi connectivity index (χ4v) is 8.06. The second-order valence-corrected chi connectivity index (χ2v) is 13.9. The molecule has 0 atom stereocenters. The topological polar surface area (TPSA) is 52.3 Å². The van der Waals surface area contributed by atoms with Gasteiger partial charge in [0.25, 0.3) is 0 Å². The van der Waals surface area contributed by atoms with Gasteiger partial charge in [0.2, 0.25) is 0 Å². The van der Waals surface area contributed by atoms with Crippen molar-refractivity contribution < 1.29 is 4.74 Å². The zero-order valence-corrected chi connectivity index (χ0v) is 30.2. The van der Waals surface area contributed by atoms with Crippen LogP contribution >= 0.6 is 0 Å². The molecule has 0 spiro atoms. The van der Waals surface area contributed by atoms with Gasteiger partial charge in [-0.05, 0) is 45.2 Å². The van der Waals surface area contributed by atoms with Gasteiger partial charge in [-0.2, -0.15) is 0 Å². The molecule has 0 N–H and O–H groups in total. The van der Waals surface area contributed by atoms with Gasteiger partial charge in [0.15, 0.2) is 23.2 Å². The summed E-state index contributed by atoms with van der Waals surface area (Å²) in [5.74, 6) is 3.26. The van der Waals surface area contributed by atoms with Crippen molar-refractivity contribution in [2.24, 2.45) is 0 Å². The average molecular weight is 717 g/mol. The predicted molar refractivity (Wildman–Crippen MR) is 224 cm³/mol. The largest absolute Gasteiger partial charge is 0.457 e. The lowest BCUT2D eigenvalue weighted by Crippen LogP contribution is -2.34. The number of rotatable bonds is 6. The minimum atomic E-state index is -0.623. The molecule has 8 aromatic carbocycles. The van der Waals surface area contributed by atoms with E-state index in [4.69, 9.17) is 26.3 Å². The summed E-state index contributed by atoms with van der Waals surface area (Å²) in [7, 11) is 0. The Hall–Kier alpha value is -7.68. The third-order valence-electron chi connectivity index (χ3n) is 10.7. The van der Waals surface area contributed by atoms with Crippen LogP contribution in [0.5, 0.6) is 11.5 Å². The van der Waals surface area contributed by atoms with Crippen LogP contribution in [0.3, 0.4) is 0 Å². The van der Waals surface area contributed by atoms with Crippen LogP contribution in [0.1, 0.15) is 22.3 Å². The van der Waals surface area contributed by atoms with Crippen molar-refractivity contribution in [1.82, 2.24) is 15.0 Å². The van der Waals surface area contributed by atoms with Crippen LogP contribution in [-0.2, 0) is 5.41 Å². The Morgan fingerprint density at radius 1 is 0.429 bits per heavy atom. The highest BCUT2D eigenvalue weighted by Crippen LogP contribution is 2.55. The molecule has 5 heteroatoms. The summed E-state index contributed by atoms with van der Waals surface area (Å²) in [5, 5.41) is 2.18. The molecule has 0 unspecified atom stereocenters. The molecule has 9 aromatic rings. The van der Waals surface area contributed by atoms with E-state index in [1.807, 2.05) is 66.7 Å². The van der Waals surface area contributed by atoms with Crippen LogP contribution in [0.4, 0.5) is 5.69 Å². The van der Waals surface area contributed by atoms with Crippen molar-refractivity contribution in [3.8, 4) is 56.8 Å². The van der Waals surface area contributed by atoms with Crippen molar-refractivity contribution in [3.05, 3.63) is 228 Å². The molecule has 0 amide bonds. The van der Waals surface area contributed by atoms with Crippen molar-refractivity contribution in [2.75, 3.05) is 0 Å². The summed E-state index contributed by atoms with van der Waals surface area (Å²) in [5.41, 5.74) is 9.13. The van der Waals surface area contributed by atoms with Crippen molar-refractivity contribution in [3.63, 3.8) is 0 Å². The van der Waals surface area contributed by atoms with E-state index in [-0.39, 0.29) is 0 Å². The number of hydrogen-bond acceptors (Lipinski definition) is 4. The van der Waals surface area contributed by atoms with E-state index >= 15 is 0 Å². The van der Waals surface area contributed by atoms with E-state index in [1.54, 1.807) is 0 Å². The highest BCUT2D eigenvalue weighted by Gasteiger charge is 2.45. The van der Waals surface area contributed by atoms with E-state index in [9.17, 15) is 0 Å². The van der Waals surface area contributed by atoms with Crippen molar-refractivity contribution in [2.45, 2.75) is 5.41 Å². The molecule has 56 heavy (non-hydrogen) atoms. The summed E-state index contributed by atoms with van der Waals surface area (Å²) in [6.45, 7) is 7.31. The molecule has 1 aromatic heterocycles. The number of hydrogen-bond donors (Lipinski definition) is 0. The average Bonchev–Trinajstić information content (AvgIpc) is 3.28. The SMILES string of the molecule is [C-]#[N+]c1ccc(-c2ccc(-c3nc(-c4ccc5c(c4)Oc4ccccc4C5(c4ccccc4)c4ccccc4)nc(-c4cccc5ccccc45)n3)cc2)cc1. The van der Waals surface area contributed by atoms with Gasteiger partial charge in [0.05, 0.1) is 12.0 Å². The predicted octanol–water partition coefficient (Wildman–Crippen LogP) is 12.7. The second-order valence-electron chi connectivity index (χ2n) is 13.9. The van der Waals surface area contributed by atoms with Crippen molar-refractivity contribution in [1.29, 1.82) is 0 Å². The zero-order chi connectivity index (χ0) is 37.5. The Morgan fingerprint density at radius 2 is 0.964 bits per heavy atom. The third-order valence-corrected chi connectivity index (χ3v) is 10.7. The number of nitrogens with zero attached hydrogens (tertiary/aromatic N) is 4. The van der Waals surface area contributed by atoms with Gasteiger partial charge in [-0.15, -0.1) is 0 Å². The number of benzene rings is 8. The van der Waals surface area contributed by atoms with E-state index in [2.05, 4.69) is 132 Å². The fourth-order valence-electron chi connectivity index (χ4n) is 8.06. The van der Waals surface area contributed by atoms with Crippen LogP contribution in [0.2, 0.25) is 0 Å². The lowest BCUT2D eigenvalue weighted by Gasteiger charge is -2.41. The maximum Gasteiger partial charge on any atom is 0.187 e. The molecular weight excluding hydrogens is 685 g/mol. The van der Waals surface area contributed by atoms with Gasteiger partial charge < -0.3 is 4.74 Å². The first kappa shape index (κ1) is 32.9. The quantitative estimate of drug-likeness (QED) is 0.161. The van der Waals surface area contributed by atoms with Gasteiger partial charge in [0.1, 0.15) is 11.5 Å². The van der Waals surface area contributed by atoms with E-state index in [1.165, 1.54) is 0 Å². The normalized spacial score (nSPS) is 12.6. The van der Waals surface area contributed by atoms with Gasteiger partial charge in [-0.3, -0.25) is 0 Å². The number of fused-ring (bicyclic) bond motifs is 3. The Bertz CT molecular complexity index is 2890. The lowest BCUT2D eigenvalue weighted by atomic mass is 9.63. The lowest BCUT2D eigenvalue weighted by molar-refractivity contribution is 0.434. The second kappa shape index (κ2) is 13.6. The zero-order valence-electron chi connectivity index (χ0n) is 30.2. The molecule has 262 valence electrons. The third kappa shape index (κ3) is 5.52. The molecule has 1 aliphatic heterocycles. The molecule has 0 bridgehead atoms. The van der Waals surface area contributed by atoms with E-state index in [0.29, 0.717) is 23.2 Å². The van der Waals surface area contributed by atoms with Crippen LogP contribution in [0.15, 0.2) is 194 Å². The monoisotopic (exact) mass is 716 g/mol. The van der Waals surface area contributed by atoms with Gasteiger partial charge in [-0.1, -0.05) is 182 Å². The maximum absolute atomic E-state index is 7.31. The number of para-hydroxylation sites is 1.